The Hall–Kier alpha value is -2.67. The van der Waals surface area contributed by atoms with Crippen molar-refractivity contribution in [3.8, 4) is 5.75 Å². The maximum atomic E-state index is 12.4. The maximum Gasteiger partial charge on any atom is 0.275 e. The highest BCUT2D eigenvalue weighted by atomic mass is 16.5. The van der Waals surface area contributed by atoms with Gasteiger partial charge in [0.25, 0.3) is 5.91 Å². The standard InChI is InChI=1S/C18H25N5O2/c1-13(2)25-16-8-6-5-7-14(16)22-18(24)15-11-21-17(12-20-15)19-9-10-23(3)4/h5-8,11-13H,9-10H2,1-4H3,(H,19,21)(H,22,24). The first-order chi connectivity index (χ1) is 12.0. The minimum Gasteiger partial charge on any atom is -0.489 e. The van der Waals surface area contributed by atoms with Crippen molar-refractivity contribution in [2.45, 2.75) is 20.0 Å². The van der Waals surface area contributed by atoms with Gasteiger partial charge in [0.05, 0.1) is 24.2 Å². The van der Waals surface area contributed by atoms with Crippen LogP contribution in [0.3, 0.4) is 0 Å². The van der Waals surface area contributed by atoms with E-state index in [9.17, 15) is 4.79 Å². The molecule has 2 aromatic rings. The number of nitrogens with zero attached hydrogens (tertiary/aromatic N) is 3. The van der Waals surface area contributed by atoms with Gasteiger partial charge in [0.15, 0.2) is 0 Å². The quantitative estimate of drug-likeness (QED) is 0.767. The largest absolute Gasteiger partial charge is 0.489 e. The van der Waals surface area contributed by atoms with Crippen LogP contribution in [0.4, 0.5) is 11.5 Å². The highest BCUT2D eigenvalue weighted by molar-refractivity contribution is 6.03. The second-order valence-corrected chi connectivity index (χ2v) is 6.13. The fraction of sp³-hybridized carbons (Fsp3) is 0.389. The molecule has 0 saturated heterocycles. The van der Waals surface area contributed by atoms with Gasteiger partial charge in [-0.25, -0.2) is 9.97 Å². The number of benzene rings is 1. The molecule has 7 nitrogen and oxygen atoms in total. The lowest BCUT2D eigenvalue weighted by Gasteiger charge is -2.14. The molecule has 0 aliphatic carbocycles. The number of amides is 1. The summed E-state index contributed by atoms with van der Waals surface area (Å²) in [6, 6.07) is 7.31. The van der Waals surface area contributed by atoms with Crippen LogP contribution in [0.2, 0.25) is 0 Å². The predicted octanol–water partition coefficient (Wildman–Crippen LogP) is 2.49. The molecule has 0 aliphatic heterocycles. The normalized spacial score (nSPS) is 10.8. The second-order valence-electron chi connectivity index (χ2n) is 6.13. The molecule has 0 aliphatic rings. The van der Waals surface area contributed by atoms with Gasteiger partial charge in [0.1, 0.15) is 17.3 Å². The van der Waals surface area contributed by atoms with Crippen LogP contribution in [0.1, 0.15) is 24.3 Å². The van der Waals surface area contributed by atoms with Crippen molar-refractivity contribution in [3.05, 3.63) is 42.4 Å². The summed E-state index contributed by atoms with van der Waals surface area (Å²) in [5, 5.41) is 5.97. The van der Waals surface area contributed by atoms with Crippen molar-refractivity contribution in [3.63, 3.8) is 0 Å². The molecule has 0 radical (unpaired) electrons. The van der Waals surface area contributed by atoms with E-state index in [4.69, 9.17) is 4.74 Å². The Bertz CT molecular complexity index is 686. The van der Waals surface area contributed by atoms with Gasteiger partial charge >= 0.3 is 0 Å². The van der Waals surface area contributed by atoms with Gasteiger partial charge in [-0.3, -0.25) is 4.79 Å². The molecule has 0 spiro atoms. The van der Waals surface area contributed by atoms with Gasteiger partial charge in [-0.1, -0.05) is 12.1 Å². The fourth-order valence-electron chi connectivity index (χ4n) is 2.06. The van der Waals surface area contributed by atoms with E-state index in [0.717, 1.165) is 13.1 Å². The van der Waals surface area contributed by atoms with Crippen molar-refractivity contribution in [1.29, 1.82) is 0 Å². The number of hydrogen-bond acceptors (Lipinski definition) is 6. The molecule has 25 heavy (non-hydrogen) atoms. The van der Waals surface area contributed by atoms with Crippen LogP contribution < -0.4 is 15.4 Å². The zero-order valence-corrected chi connectivity index (χ0v) is 15.1. The van der Waals surface area contributed by atoms with Gasteiger partial charge in [-0.2, -0.15) is 0 Å². The van der Waals surface area contributed by atoms with E-state index in [-0.39, 0.29) is 17.7 Å². The van der Waals surface area contributed by atoms with E-state index in [1.54, 1.807) is 12.3 Å². The average molecular weight is 343 g/mol. The van der Waals surface area contributed by atoms with Gasteiger partial charge in [0.2, 0.25) is 0 Å². The lowest BCUT2D eigenvalue weighted by molar-refractivity contribution is 0.102. The van der Waals surface area contributed by atoms with Crippen LogP contribution in [0.15, 0.2) is 36.7 Å². The number of carbonyl (C=O) groups excluding carboxylic acids is 1. The molecule has 1 amide bonds. The smallest absolute Gasteiger partial charge is 0.275 e. The minimum absolute atomic E-state index is 0.0189. The number of nitrogens with one attached hydrogen (secondary N) is 2. The van der Waals surface area contributed by atoms with E-state index < -0.39 is 0 Å². The summed E-state index contributed by atoms with van der Waals surface area (Å²) in [5.41, 5.74) is 0.855. The van der Waals surface area contributed by atoms with Gasteiger partial charge in [-0.15, -0.1) is 0 Å². The van der Waals surface area contributed by atoms with E-state index in [0.29, 0.717) is 17.3 Å². The van der Waals surface area contributed by atoms with Crippen LogP contribution in [-0.4, -0.2) is 54.1 Å². The van der Waals surface area contributed by atoms with E-state index >= 15 is 0 Å². The third-order valence-corrected chi connectivity index (χ3v) is 3.25. The molecule has 2 rings (SSSR count). The Kier molecular flexibility index (Phi) is 6.71. The summed E-state index contributed by atoms with van der Waals surface area (Å²) >= 11 is 0. The maximum absolute atomic E-state index is 12.4. The number of rotatable bonds is 8. The van der Waals surface area contributed by atoms with Crippen molar-refractivity contribution in [2.24, 2.45) is 0 Å². The number of likely N-dealkylation sites (N-methyl/N-ethyl adjacent to an activating group) is 1. The van der Waals surface area contributed by atoms with E-state index in [1.807, 2.05) is 46.1 Å². The Morgan fingerprint density at radius 2 is 1.96 bits per heavy atom. The highest BCUT2D eigenvalue weighted by Crippen LogP contribution is 2.25. The van der Waals surface area contributed by atoms with Crippen molar-refractivity contribution < 1.29 is 9.53 Å². The van der Waals surface area contributed by atoms with Crippen LogP contribution in [0.25, 0.3) is 0 Å². The molecular formula is C18H25N5O2. The van der Waals surface area contributed by atoms with Crippen molar-refractivity contribution in [2.75, 3.05) is 37.8 Å². The number of para-hydroxylation sites is 2. The zero-order chi connectivity index (χ0) is 18.2. The van der Waals surface area contributed by atoms with Gasteiger partial charge in [0, 0.05) is 13.1 Å². The first kappa shape index (κ1) is 18.7. The summed E-state index contributed by atoms with van der Waals surface area (Å²) < 4.78 is 5.70. The van der Waals surface area contributed by atoms with Crippen molar-refractivity contribution >= 4 is 17.4 Å². The molecule has 7 heteroatoms. The molecule has 1 heterocycles. The highest BCUT2D eigenvalue weighted by Gasteiger charge is 2.12. The van der Waals surface area contributed by atoms with Gasteiger partial charge < -0.3 is 20.3 Å². The van der Waals surface area contributed by atoms with Gasteiger partial charge in [-0.05, 0) is 40.1 Å². The molecule has 1 aromatic heterocycles. The molecule has 134 valence electrons. The molecule has 0 unspecified atom stereocenters. The van der Waals surface area contributed by atoms with Crippen LogP contribution in [0.5, 0.6) is 5.75 Å². The first-order valence-corrected chi connectivity index (χ1v) is 8.23. The molecule has 1 aromatic carbocycles. The molecule has 0 saturated carbocycles. The minimum atomic E-state index is -0.327. The second kappa shape index (κ2) is 8.98. The lowest BCUT2D eigenvalue weighted by atomic mass is 10.2. The Morgan fingerprint density at radius 1 is 1.20 bits per heavy atom. The third-order valence-electron chi connectivity index (χ3n) is 3.25. The van der Waals surface area contributed by atoms with E-state index in [2.05, 4.69) is 25.5 Å². The number of carbonyl (C=O) groups is 1. The summed E-state index contributed by atoms with van der Waals surface area (Å²) in [6.45, 7) is 5.52. The average Bonchev–Trinajstić information content (AvgIpc) is 2.56. The van der Waals surface area contributed by atoms with Crippen molar-refractivity contribution in [1.82, 2.24) is 14.9 Å². The number of ether oxygens (including phenoxy) is 1. The predicted molar refractivity (Wildman–Crippen MR) is 99.2 cm³/mol. The summed E-state index contributed by atoms with van der Waals surface area (Å²) in [4.78, 5) is 22.8. The Labute approximate surface area is 148 Å². The summed E-state index contributed by atoms with van der Waals surface area (Å²) in [6.07, 6.45) is 3.03. The Morgan fingerprint density at radius 3 is 2.60 bits per heavy atom. The van der Waals surface area contributed by atoms with Crippen LogP contribution in [-0.2, 0) is 0 Å². The number of hydrogen-bond donors (Lipinski definition) is 2. The fourth-order valence-corrected chi connectivity index (χ4v) is 2.06. The molecular weight excluding hydrogens is 318 g/mol. The third kappa shape index (κ3) is 6.04. The monoisotopic (exact) mass is 343 g/mol. The van der Waals surface area contributed by atoms with Crippen LogP contribution in [0, 0.1) is 0 Å². The molecule has 0 bridgehead atoms. The summed E-state index contributed by atoms with van der Waals surface area (Å²) in [7, 11) is 4.00. The molecule has 2 N–H and O–H groups in total. The number of anilines is 2. The number of aromatic nitrogens is 2. The molecule has 0 atom stereocenters. The first-order valence-electron chi connectivity index (χ1n) is 8.23. The Balaban J connectivity index is 1.99. The SMILES string of the molecule is CC(C)Oc1ccccc1NC(=O)c1cnc(NCCN(C)C)cn1. The van der Waals surface area contributed by atoms with E-state index in [1.165, 1.54) is 6.20 Å². The molecule has 0 fully saturated rings. The topological polar surface area (TPSA) is 79.4 Å². The summed E-state index contributed by atoms with van der Waals surface area (Å²) in [5.74, 6) is 0.940. The van der Waals surface area contributed by atoms with Crippen LogP contribution >= 0.6 is 0 Å². The zero-order valence-electron chi connectivity index (χ0n) is 15.1. The lowest BCUT2D eigenvalue weighted by Crippen LogP contribution is -2.21.